The van der Waals surface area contributed by atoms with Gasteiger partial charge in [0.05, 0.1) is 0 Å². The summed E-state index contributed by atoms with van der Waals surface area (Å²) in [5.41, 5.74) is 0.436. The lowest BCUT2D eigenvalue weighted by Gasteiger charge is -2.29. The highest BCUT2D eigenvalue weighted by Crippen LogP contribution is 2.30. The van der Waals surface area contributed by atoms with E-state index in [4.69, 9.17) is 8.83 Å². The van der Waals surface area contributed by atoms with Gasteiger partial charge in [-0.2, -0.15) is 0 Å². The third-order valence-corrected chi connectivity index (χ3v) is 5.75. The summed E-state index contributed by atoms with van der Waals surface area (Å²) >= 11 is 3.22. The second-order valence-electron chi connectivity index (χ2n) is 7.13. The van der Waals surface area contributed by atoms with E-state index in [9.17, 15) is 9.59 Å². The molecule has 144 valence electrons. The lowest BCUT2D eigenvalue weighted by Crippen LogP contribution is -2.37. The molecule has 0 spiro atoms. The summed E-state index contributed by atoms with van der Waals surface area (Å²) in [5.74, 6) is 1.52. The lowest BCUT2D eigenvalue weighted by atomic mass is 9.96. The number of nitrogens with zero attached hydrogens (tertiary/aromatic N) is 3. The van der Waals surface area contributed by atoms with Crippen LogP contribution in [0.25, 0.3) is 0 Å². The summed E-state index contributed by atoms with van der Waals surface area (Å²) in [6, 6.07) is 3.39. The van der Waals surface area contributed by atoms with Crippen molar-refractivity contribution in [2.45, 2.75) is 38.5 Å². The first-order valence-corrected chi connectivity index (χ1v) is 10.1. The van der Waals surface area contributed by atoms with Crippen LogP contribution in [-0.2, 0) is 0 Å². The number of halogens is 1. The van der Waals surface area contributed by atoms with E-state index in [1.54, 1.807) is 24.0 Å². The zero-order valence-electron chi connectivity index (χ0n) is 15.2. The highest BCUT2D eigenvalue weighted by molar-refractivity contribution is 9.10. The van der Waals surface area contributed by atoms with Crippen molar-refractivity contribution < 1.29 is 18.4 Å². The molecule has 2 fully saturated rings. The highest BCUT2D eigenvalue weighted by atomic mass is 79.9. The van der Waals surface area contributed by atoms with Crippen LogP contribution in [-0.4, -0.2) is 52.8 Å². The average molecular weight is 436 g/mol. The molecule has 0 atom stereocenters. The molecule has 0 unspecified atom stereocenters. The Labute approximate surface area is 165 Å². The Balaban J connectivity index is 1.40. The van der Waals surface area contributed by atoms with E-state index in [0.717, 1.165) is 38.8 Å². The number of carbonyl (C=O) groups excluding carboxylic acids is 2. The van der Waals surface area contributed by atoms with Crippen molar-refractivity contribution >= 4 is 27.7 Å². The molecule has 0 radical (unpaired) electrons. The molecule has 0 bridgehead atoms. The van der Waals surface area contributed by atoms with Crippen molar-refractivity contribution in [2.75, 3.05) is 26.2 Å². The van der Waals surface area contributed by atoms with Crippen LogP contribution in [0, 0.1) is 6.92 Å². The number of amides is 2. The Morgan fingerprint density at radius 1 is 1.04 bits per heavy atom. The summed E-state index contributed by atoms with van der Waals surface area (Å²) in [4.78, 5) is 33.2. The smallest absolute Gasteiger partial charge is 0.289 e. The number of carbonyl (C=O) groups is 2. The first-order chi connectivity index (χ1) is 13.0. The van der Waals surface area contributed by atoms with Gasteiger partial charge in [0.25, 0.3) is 11.8 Å². The molecule has 0 aliphatic carbocycles. The number of rotatable bonds is 3. The Kier molecular flexibility index (Phi) is 5.08. The largest absolute Gasteiger partial charge is 0.445 e. The maximum absolute atomic E-state index is 12.6. The van der Waals surface area contributed by atoms with E-state index in [-0.39, 0.29) is 17.7 Å². The maximum atomic E-state index is 12.6. The zero-order valence-corrected chi connectivity index (χ0v) is 16.8. The molecule has 27 heavy (non-hydrogen) atoms. The fraction of sp³-hybridized carbons (Fsp3) is 0.526. The second-order valence-corrected chi connectivity index (χ2v) is 7.91. The van der Waals surface area contributed by atoms with Gasteiger partial charge in [-0.05, 0) is 60.7 Å². The topological polar surface area (TPSA) is 79.8 Å². The first-order valence-electron chi connectivity index (χ1n) is 9.34. The van der Waals surface area contributed by atoms with Crippen molar-refractivity contribution in [3.05, 3.63) is 39.9 Å². The van der Waals surface area contributed by atoms with E-state index >= 15 is 0 Å². The average Bonchev–Trinajstić information content (AvgIpc) is 3.42. The molecule has 2 aromatic heterocycles. The van der Waals surface area contributed by atoms with Crippen LogP contribution in [0.2, 0.25) is 0 Å². The van der Waals surface area contributed by atoms with Gasteiger partial charge in [-0.1, -0.05) is 0 Å². The summed E-state index contributed by atoms with van der Waals surface area (Å²) in [6.07, 6.45) is 3.61. The number of hydrogen-bond donors (Lipinski definition) is 0. The molecule has 2 amide bonds. The van der Waals surface area contributed by atoms with E-state index in [1.165, 1.54) is 0 Å². The Bertz CT molecular complexity index is 845. The van der Waals surface area contributed by atoms with Crippen molar-refractivity contribution in [3.63, 3.8) is 0 Å². The minimum absolute atomic E-state index is 0.0315. The van der Waals surface area contributed by atoms with Crippen LogP contribution in [0.15, 0.2) is 25.6 Å². The van der Waals surface area contributed by atoms with Crippen LogP contribution in [0.3, 0.4) is 0 Å². The maximum Gasteiger partial charge on any atom is 0.289 e. The van der Waals surface area contributed by atoms with Gasteiger partial charge < -0.3 is 18.6 Å². The molecule has 0 saturated carbocycles. The van der Waals surface area contributed by atoms with Crippen LogP contribution >= 0.6 is 15.9 Å². The summed E-state index contributed by atoms with van der Waals surface area (Å²) in [5, 5.41) is 0. The second kappa shape index (κ2) is 7.50. The van der Waals surface area contributed by atoms with E-state index in [2.05, 4.69) is 20.9 Å². The molecule has 0 aromatic carbocycles. The van der Waals surface area contributed by atoms with Gasteiger partial charge in [0.1, 0.15) is 5.76 Å². The van der Waals surface area contributed by atoms with E-state index in [0.29, 0.717) is 40.9 Å². The van der Waals surface area contributed by atoms with Crippen molar-refractivity contribution in [1.82, 2.24) is 14.8 Å². The standard InChI is InChI=1S/C19H22BrN3O4/c1-12-16(19(25)22-8-2-3-9-22)21-17(26-12)13-6-10-23(11-7-13)18(24)14-4-5-15(20)27-14/h4-5,13H,2-3,6-11H2,1H3. The monoisotopic (exact) mass is 435 g/mol. The van der Waals surface area contributed by atoms with Gasteiger partial charge in [-0.25, -0.2) is 4.98 Å². The lowest BCUT2D eigenvalue weighted by molar-refractivity contribution is 0.0672. The van der Waals surface area contributed by atoms with Gasteiger partial charge in [0.15, 0.2) is 22.0 Å². The molecule has 2 aliphatic heterocycles. The molecule has 2 saturated heterocycles. The normalized spacial score (nSPS) is 18.3. The minimum atomic E-state index is -0.104. The Morgan fingerprint density at radius 2 is 1.70 bits per heavy atom. The Morgan fingerprint density at radius 3 is 2.33 bits per heavy atom. The number of likely N-dealkylation sites (tertiary alicyclic amines) is 2. The number of hydrogen-bond acceptors (Lipinski definition) is 5. The number of oxazole rings is 1. The van der Waals surface area contributed by atoms with Crippen LogP contribution < -0.4 is 0 Å². The van der Waals surface area contributed by atoms with Gasteiger partial charge in [-0.15, -0.1) is 0 Å². The number of piperidine rings is 1. The molecular weight excluding hydrogens is 414 g/mol. The number of aryl methyl sites for hydroxylation is 1. The molecular formula is C19H22BrN3O4. The highest BCUT2D eigenvalue weighted by Gasteiger charge is 2.31. The third kappa shape index (κ3) is 3.67. The quantitative estimate of drug-likeness (QED) is 0.735. The van der Waals surface area contributed by atoms with E-state index in [1.807, 2.05) is 4.90 Å². The van der Waals surface area contributed by atoms with Gasteiger partial charge in [0.2, 0.25) is 0 Å². The summed E-state index contributed by atoms with van der Waals surface area (Å²) in [6.45, 7) is 4.61. The molecule has 2 aromatic rings. The fourth-order valence-corrected chi connectivity index (χ4v) is 4.08. The molecule has 0 N–H and O–H groups in total. The minimum Gasteiger partial charge on any atom is -0.445 e. The molecule has 7 nitrogen and oxygen atoms in total. The predicted molar refractivity (Wildman–Crippen MR) is 101 cm³/mol. The fourth-order valence-electron chi connectivity index (χ4n) is 3.77. The van der Waals surface area contributed by atoms with Gasteiger partial charge in [-0.3, -0.25) is 9.59 Å². The van der Waals surface area contributed by atoms with Gasteiger partial charge >= 0.3 is 0 Å². The molecule has 8 heteroatoms. The number of aromatic nitrogens is 1. The summed E-state index contributed by atoms with van der Waals surface area (Å²) < 4.78 is 11.7. The SMILES string of the molecule is Cc1oc(C2CCN(C(=O)c3ccc(Br)o3)CC2)nc1C(=O)N1CCCC1. The van der Waals surface area contributed by atoms with E-state index < -0.39 is 0 Å². The third-order valence-electron chi connectivity index (χ3n) is 5.32. The summed E-state index contributed by atoms with van der Waals surface area (Å²) in [7, 11) is 0. The molecule has 4 heterocycles. The predicted octanol–water partition coefficient (Wildman–Crippen LogP) is 3.59. The Hall–Kier alpha value is -2.09. The van der Waals surface area contributed by atoms with Gasteiger partial charge in [0, 0.05) is 32.1 Å². The zero-order chi connectivity index (χ0) is 19.0. The number of furan rings is 1. The van der Waals surface area contributed by atoms with Crippen molar-refractivity contribution in [2.24, 2.45) is 0 Å². The van der Waals surface area contributed by atoms with Crippen molar-refractivity contribution in [3.8, 4) is 0 Å². The first kappa shape index (κ1) is 18.3. The molecule has 2 aliphatic rings. The van der Waals surface area contributed by atoms with Crippen LogP contribution in [0.4, 0.5) is 0 Å². The molecule has 4 rings (SSSR count). The van der Waals surface area contributed by atoms with Crippen LogP contribution in [0.1, 0.15) is 64.3 Å². The van der Waals surface area contributed by atoms with Crippen LogP contribution in [0.5, 0.6) is 0 Å². The van der Waals surface area contributed by atoms with Crippen molar-refractivity contribution in [1.29, 1.82) is 0 Å².